The molecule has 0 aliphatic carbocycles. The highest BCUT2D eigenvalue weighted by Gasteiger charge is 2.16. The Morgan fingerprint density at radius 1 is 1.17 bits per heavy atom. The van der Waals surface area contributed by atoms with Crippen molar-refractivity contribution < 1.29 is 14.3 Å². The van der Waals surface area contributed by atoms with Gasteiger partial charge in [0.2, 0.25) is 5.91 Å². The fourth-order valence-electron chi connectivity index (χ4n) is 3.25. The van der Waals surface area contributed by atoms with Crippen LogP contribution in [-0.4, -0.2) is 56.4 Å². The van der Waals surface area contributed by atoms with Gasteiger partial charge < -0.3 is 14.8 Å². The molecule has 0 bridgehead atoms. The predicted molar refractivity (Wildman–Crippen MR) is 94.2 cm³/mol. The third-order valence-corrected chi connectivity index (χ3v) is 4.78. The Hall–Kier alpha value is -1.43. The van der Waals surface area contributed by atoms with Crippen LogP contribution in [0.2, 0.25) is 0 Å². The molecule has 1 amide bonds. The molecule has 132 valence electrons. The molecule has 0 aromatic heterocycles. The van der Waals surface area contributed by atoms with Crippen LogP contribution in [0.1, 0.15) is 31.2 Å². The van der Waals surface area contributed by atoms with Crippen LogP contribution >= 0.6 is 0 Å². The van der Waals surface area contributed by atoms with E-state index in [-0.39, 0.29) is 12.0 Å². The first-order valence-electron chi connectivity index (χ1n) is 9.10. The van der Waals surface area contributed by atoms with Gasteiger partial charge in [0.25, 0.3) is 0 Å². The minimum Gasteiger partial charge on any atom is -0.379 e. The number of nitrogens with zero attached hydrogens (tertiary/aromatic N) is 1. The van der Waals surface area contributed by atoms with Gasteiger partial charge in [-0.3, -0.25) is 9.69 Å². The maximum Gasteiger partial charge on any atom is 0.224 e. The minimum atomic E-state index is 0.0755. The quantitative estimate of drug-likeness (QED) is 0.833. The van der Waals surface area contributed by atoms with E-state index in [1.54, 1.807) is 0 Å². The SMILES string of the molecule is O=C(CC[C@H]1CCCO1)Nc1ccc(CCN2CCOCC2)cc1. The van der Waals surface area contributed by atoms with Gasteiger partial charge in [-0.25, -0.2) is 0 Å². The Balaban J connectivity index is 1.37. The van der Waals surface area contributed by atoms with Crippen LogP contribution < -0.4 is 5.32 Å². The van der Waals surface area contributed by atoms with Crippen molar-refractivity contribution >= 4 is 11.6 Å². The summed E-state index contributed by atoms with van der Waals surface area (Å²) in [7, 11) is 0. The second-order valence-corrected chi connectivity index (χ2v) is 6.62. The lowest BCUT2D eigenvalue weighted by molar-refractivity contribution is -0.116. The van der Waals surface area contributed by atoms with Gasteiger partial charge in [-0.1, -0.05) is 12.1 Å². The Kier molecular flexibility index (Phi) is 6.64. The standard InChI is InChI=1S/C19H28N2O3/c22-19(8-7-18-2-1-13-24-18)20-17-5-3-16(4-6-17)9-10-21-11-14-23-15-12-21/h3-6,18H,1-2,7-15H2,(H,20,22)/t18-/m1/s1. The Morgan fingerprint density at radius 2 is 1.96 bits per heavy atom. The molecule has 0 unspecified atom stereocenters. The molecule has 2 heterocycles. The van der Waals surface area contributed by atoms with E-state index in [0.29, 0.717) is 6.42 Å². The lowest BCUT2D eigenvalue weighted by Gasteiger charge is -2.26. The molecule has 2 fully saturated rings. The molecule has 0 saturated carbocycles. The molecule has 5 nitrogen and oxygen atoms in total. The Bertz CT molecular complexity index is 506. The molecule has 1 aromatic rings. The Labute approximate surface area is 144 Å². The van der Waals surface area contributed by atoms with E-state index >= 15 is 0 Å². The van der Waals surface area contributed by atoms with Crippen molar-refractivity contribution in [2.75, 3.05) is 44.8 Å². The first kappa shape index (κ1) is 17.4. The highest BCUT2D eigenvalue weighted by atomic mass is 16.5. The summed E-state index contributed by atoms with van der Waals surface area (Å²) in [6, 6.07) is 8.21. The van der Waals surface area contributed by atoms with E-state index in [4.69, 9.17) is 9.47 Å². The highest BCUT2D eigenvalue weighted by molar-refractivity contribution is 5.90. The molecule has 1 aromatic carbocycles. The third kappa shape index (κ3) is 5.58. The van der Waals surface area contributed by atoms with Gasteiger partial charge in [-0.2, -0.15) is 0 Å². The number of ether oxygens (including phenoxy) is 2. The van der Waals surface area contributed by atoms with Crippen molar-refractivity contribution in [3.63, 3.8) is 0 Å². The van der Waals surface area contributed by atoms with Gasteiger partial charge in [0.15, 0.2) is 0 Å². The van der Waals surface area contributed by atoms with Crippen LogP contribution in [0, 0.1) is 0 Å². The first-order chi connectivity index (χ1) is 11.8. The molecule has 1 atom stereocenters. The molecular weight excluding hydrogens is 304 g/mol. The van der Waals surface area contributed by atoms with Crippen LogP contribution in [0.4, 0.5) is 5.69 Å². The van der Waals surface area contributed by atoms with Gasteiger partial charge in [-0.15, -0.1) is 0 Å². The van der Waals surface area contributed by atoms with Crippen LogP contribution in [0.25, 0.3) is 0 Å². The summed E-state index contributed by atoms with van der Waals surface area (Å²) in [5, 5.41) is 2.98. The van der Waals surface area contributed by atoms with Gasteiger partial charge in [0.05, 0.1) is 19.3 Å². The zero-order valence-electron chi connectivity index (χ0n) is 14.3. The normalized spacial score (nSPS) is 21.8. The first-order valence-corrected chi connectivity index (χ1v) is 9.10. The molecule has 0 radical (unpaired) electrons. The lowest BCUT2D eigenvalue weighted by Crippen LogP contribution is -2.37. The molecule has 0 spiro atoms. The maximum absolute atomic E-state index is 12.0. The second-order valence-electron chi connectivity index (χ2n) is 6.62. The fourth-order valence-corrected chi connectivity index (χ4v) is 3.25. The smallest absolute Gasteiger partial charge is 0.224 e. The second kappa shape index (κ2) is 9.16. The fraction of sp³-hybridized carbons (Fsp3) is 0.632. The number of rotatable bonds is 7. The van der Waals surface area contributed by atoms with E-state index in [0.717, 1.165) is 70.8 Å². The van der Waals surface area contributed by atoms with E-state index in [9.17, 15) is 4.79 Å². The summed E-state index contributed by atoms with van der Waals surface area (Å²) in [6.45, 7) is 5.65. The van der Waals surface area contributed by atoms with Crippen molar-refractivity contribution in [1.29, 1.82) is 0 Å². The average molecular weight is 332 g/mol. The third-order valence-electron chi connectivity index (χ3n) is 4.78. The molecular formula is C19H28N2O3. The predicted octanol–water partition coefficient (Wildman–Crippen LogP) is 2.46. The molecule has 3 rings (SSSR count). The Morgan fingerprint density at radius 3 is 2.67 bits per heavy atom. The van der Waals surface area contributed by atoms with Gasteiger partial charge in [-0.05, 0) is 43.4 Å². The number of carbonyl (C=O) groups is 1. The van der Waals surface area contributed by atoms with E-state index in [2.05, 4.69) is 22.3 Å². The lowest BCUT2D eigenvalue weighted by atomic mass is 10.1. The highest BCUT2D eigenvalue weighted by Crippen LogP contribution is 2.17. The zero-order chi connectivity index (χ0) is 16.6. The summed E-state index contributed by atoms with van der Waals surface area (Å²) < 4.78 is 10.9. The maximum atomic E-state index is 12.0. The summed E-state index contributed by atoms with van der Waals surface area (Å²) in [4.78, 5) is 14.4. The topological polar surface area (TPSA) is 50.8 Å². The van der Waals surface area contributed by atoms with Gasteiger partial charge >= 0.3 is 0 Å². The number of nitrogens with one attached hydrogen (secondary N) is 1. The number of carbonyl (C=O) groups excluding carboxylic acids is 1. The molecule has 2 saturated heterocycles. The van der Waals surface area contributed by atoms with E-state index in [1.165, 1.54) is 5.56 Å². The van der Waals surface area contributed by atoms with Crippen LogP contribution in [-0.2, 0) is 20.7 Å². The summed E-state index contributed by atoms with van der Waals surface area (Å²) in [6.07, 6.45) is 4.88. The van der Waals surface area contributed by atoms with Crippen molar-refractivity contribution in [2.45, 2.75) is 38.2 Å². The van der Waals surface area contributed by atoms with Crippen molar-refractivity contribution in [2.24, 2.45) is 0 Å². The number of hydrogen-bond acceptors (Lipinski definition) is 4. The van der Waals surface area contributed by atoms with E-state index < -0.39 is 0 Å². The van der Waals surface area contributed by atoms with Crippen LogP contribution in [0.3, 0.4) is 0 Å². The number of morpholine rings is 1. The van der Waals surface area contributed by atoms with Crippen molar-refractivity contribution in [3.8, 4) is 0 Å². The minimum absolute atomic E-state index is 0.0755. The van der Waals surface area contributed by atoms with Gasteiger partial charge in [0.1, 0.15) is 0 Å². The largest absolute Gasteiger partial charge is 0.379 e. The van der Waals surface area contributed by atoms with Gasteiger partial charge in [0, 0.05) is 38.3 Å². The van der Waals surface area contributed by atoms with Crippen molar-refractivity contribution in [3.05, 3.63) is 29.8 Å². The summed E-state index contributed by atoms with van der Waals surface area (Å²) in [5.74, 6) is 0.0755. The number of benzene rings is 1. The van der Waals surface area contributed by atoms with Crippen molar-refractivity contribution in [1.82, 2.24) is 4.90 Å². The molecule has 2 aliphatic heterocycles. The van der Waals surface area contributed by atoms with Crippen LogP contribution in [0.5, 0.6) is 0 Å². The molecule has 1 N–H and O–H groups in total. The molecule has 2 aliphatic rings. The average Bonchev–Trinajstić information content (AvgIpc) is 3.14. The number of hydrogen-bond donors (Lipinski definition) is 1. The summed E-state index contributed by atoms with van der Waals surface area (Å²) >= 11 is 0. The summed E-state index contributed by atoms with van der Waals surface area (Å²) in [5.41, 5.74) is 2.18. The number of anilines is 1. The molecule has 5 heteroatoms. The monoisotopic (exact) mass is 332 g/mol. The van der Waals surface area contributed by atoms with E-state index in [1.807, 2.05) is 12.1 Å². The molecule has 24 heavy (non-hydrogen) atoms. The number of amides is 1. The zero-order valence-corrected chi connectivity index (χ0v) is 14.3. The van der Waals surface area contributed by atoms with Crippen LogP contribution in [0.15, 0.2) is 24.3 Å².